The third-order valence-corrected chi connectivity index (χ3v) is 9.52. The molecule has 6 heteroatoms. The Kier molecular flexibility index (Phi) is 7.96. The van der Waals surface area contributed by atoms with Crippen LogP contribution >= 0.6 is 0 Å². The third kappa shape index (κ3) is 5.81. The standard InChI is InChI=1S/C31H43N3O3/c35-31(34-17-21-9-3-1-4-10-21)29-16-23(20-36-29)27-19-33-30-26(27)15-22(18-32-30)25-13-7-8-14-28(25)37-24-11-5-2-6-12-24/h1,3-4,9-10,16,20,22,24-28,30,32-33H,2,5-8,11-15,17-19H2,(H,34,35). The molecule has 0 radical (unpaired) electrons. The Labute approximate surface area is 221 Å². The number of carbonyl (C=O) groups is 1. The number of furan rings is 1. The van der Waals surface area contributed by atoms with Crippen LogP contribution in [-0.4, -0.2) is 37.4 Å². The molecule has 2 aliphatic carbocycles. The fourth-order valence-electron chi connectivity index (χ4n) is 7.53. The third-order valence-electron chi connectivity index (χ3n) is 9.52. The van der Waals surface area contributed by atoms with Crippen molar-refractivity contribution in [3.63, 3.8) is 0 Å². The van der Waals surface area contributed by atoms with Crippen molar-refractivity contribution in [2.24, 2.45) is 17.8 Å². The summed E-state index contributed by atoms with van der Waals surface area (Å²) in [6, 6.07) is 12.0. The van der Waals surface area contributed by atoms with Crippen LogP contribution in [0.15, 0.2) is 47.1 Å². The molecule has 2 saturated carbocycles. The zero-order chi connectivity index (χ0) is 25.0. The van der Waals surface area contributed by atoms with Gasteiger partial charge in [-0.1, -0.05) is 62.4 Å². The summed E-state index contributed by atoms with van der Waals surface area (Å²) >= 11 is 0. The molecular weight excluding hydrogens is 462 g/mol. The maximum absolute atomic E-state index is 12.7. The van der Waals surface area contributed by atoms with Crippen LogP contribution < -0.4 is 16.0 Å². The average molecular weight is 506 g/mol. The van der Waals surface area contributed by atoms with Gasteiger partial charge in [0.15, 0.2) is 5.76 Å². The number of piperidine rings is 1. The highest BCUT2D eigenvalue weighted by Crippen LogP contribution is 2.44. The minimum Gasteiger partial charge on any atom is -0.459 e. The quantitative estimate of drug-likeness (QED) is 0.473. The topological polar surface area (TPSA) is 75.5 Å². The second-order valence-electron chi connectivity index (χ2n) is 11.9. The first-order valence-corrected chi connectivity index (χ1v) is 14.8. The first-order chi connectivity index (χ1) is 18.2. The van der Waals surface area contributed by atoms with Gasteiger partial charge in [0.1, 0.15) is 0 Å². The van der Waals surface area contributed by atoms with Crippen molar-refractivity contribution in [2.75, 3.05) is 13.1 Å². The van der Waals surface area contributed by atoms with Crippen LogP contribution in [0.2, 0.25) is 0 Å². The first-order valence-electron chi connectivity index (χ1n) is 14.8. The first kappa shape index (κ1) is 25.1. The molecule has 0 spiro atoms. The Morgan fingerprint density at radius 1 is 0.946 bits per heavy atom. The lowest BCUT2D eigenvalue weighted by Gasteiger charge is -2.44. The number of nitrogens with one attached hydrogen (secondary N) is 3. The highest BCUT2D eigenvalue weighted by atomic mass is 16.5. The van der Waals surface area contributed by atoms with Crippen LogP contribution in [0, 0.1) is 17.8 Å². The molecule has 2 aliphatic heterocycles. The van der Waals surface area contributed by atoms with Gasteiger partial charge in [-0.3, -0.25) is 4.79 Å². The number of amides is 1. The number of fused-ring (bicyclic) bond motifs is 1. The van der Waals surface area contributed by atoms with Crippen molar-refractivity contribution >= 4 is 5.91 Å². The molecule has 2 saturated heterocycles. The molecule has 6 rings (SSSR count). The van der Waals surface area contributed by atoms with Gasteiger partial charge in [-0.05, 0) is 73.6 Å². The second-order valence-corrected chi connectivity index (χ2v) is 11.9. The van der Waals surface area contributed by atoms with Crippen molar-refractivity contribution in [3.8, 4) is 0 Å². The van der Waals surface area contributed by atoms with Crippen molar-refractivity contribution in [1.82, 2.24) is 16.0 Å². The number of carbonyl (C=O) groups excluding carboxylic acids is 1. The van der Waals surface area contributed by atoms with E-state index >= 15 is 0 Å². The minimum absolute atomic E-state index is 0.151. The number of benzene rings is 1. The molecule has 6 nitrogen and oxygen atoms in total. The monoisotopic (exact) mass is 505 g/mol. The molecule has 6 atom stereocenters. The van der Waals surface area contributed by atoms with E-state index in [1.165, 1.54) is 64.2 Å². The van der Waals surface area contributed by atoms with Crippen molar-refractivity contribution < 1.29 is 13.9 Å². The molecule has 1 amide bonds. The van der Waals surface area contributed by atoms with Crippen LogP contribution in [0.5, 0.6) is 0 Å². The zero-order valence-corrected chi connectivity index (χ0v) is 22.0. The minimum atomic E-state index is -0.151. The number of hydrogen-bond acceptors (Lipinski definition) is 5. The Morgan fingerprint density at radius 2 is 1.73 bits per heavy atom. The molecule has 4 aliphatic rings. The van der Waals surface area contributed by atoms with Gasteiger partial charge in [-0.25, -0.2) is 0 Å². The highest BCUT2D eigenvalue weighted by Gasteiger charge is 2.45. The van der Waals surface area contributed by atoms with Gasteiger partial charge < -0.3 is 25.1 Å². The lowest BCUT2D eigenvalue weighted by atomic mass is 9.70. The number of ether oxygens (including phenoxy) is 1. The molecule has 0 bridgehead atoms. The summed E-state index contributed by atoms with van der Waals surface area (Å²) in [4.78, 5) is 12.7. The number of rotatable bonds is 7. The molecule has 1 aromatic carbocycles. The van der Waals surface area contributed by atoms with Gasteiger partial charge in [0.25, 0.3) is 5.91 Å². The zero-order valence-electron chi connectivity index (χ0n) is 22.0. The predicted molar refractivity (Wildman–Crippen MR) is 144 cm³/mol. The van der Waals surface area contributed by atoms with Gasteiger partial charge in [0, 0.05) is 19.0 Å². The van der Waals surface area contributed by atoms with Gasteiger partial charge >= 0.3 is 0 Å². The van der Waals surface area contributed by atoms with Gasteiger partial charge in [-0.15, -0.1) is 0 Å². The van der Waals surface area contributed by atoms with Crippen LogP contribution in [0.3, 0.4) is 0 Å². The van der Waals surface area contributed by atoms with Crippen LogP contribution in [-0.2, 0) is 11.3 Å². The van der Waals surface area contributed by atoms with E-state index in [-0.39, 0.29) is 5.91 Å². The molecule has 6 unspecified atom stereocenters. The van der Waals surface area contributed by atoms with E-state index in [1.807, 2.05) is 42.7 Å². The fourth-order valence-corrected chi connectivity index (χ4v) is 7.53. The predicted octanol–water partition coefficient (Wildman–Crippen LogP) is 5.36. The Bertz CT molecular complexity index is 1020. The molecular formula is C31H43N3O3. The molecule has 2 aromatic rings. The average Bonchev–Trinajstić information content (AvgIpc) is 3.60. The van der Waals surface area contributed by atoms with Crippen LogP contribution in [0.25, 0.3) is 0 Å². The van der Waals surface area contributed by atoms with E-state index in [2.05, 4.69) is 16.0 Å². The Balaban J connectivity index is 1.09. The lowest BCUT2D eigenvalue weighted by Crippen LogP contribution is -2.52. The Morgan fingerprint density at radius 3 is 2.59 bits per heavy atom. The van der Waals surface area contributed by atoms with Crippen LogP contribution in [0.1, 0.15) is 91.8 Å². The fraction of sp³-hybridized carbons (Fsp3) is 0.645. The lowest BCUT2D eigenvalue weighted by molar-refractivity contribution is -0.0901. The summed E-state index contributed by atoms with van der Waals surface area (Å²) in [6.07, 6.45) is 16.0. The van der Waals surface area contributed by atoms with Crippen molar-refractivity contribution in [3.05, 3.63) is 59.5 Å². The number of hydrogen-bond donors (Lipinski definition) is 3. The second kappa shape index (κ2) is 11.7. The van der Waals surface area contributed by atoms with Gasteiger partial charge in [-0.2, -0.15) is 0 Å². The van der Waals surface area contributed by atoms with E-state index in [0.29, 0.717) is 54.4 Å². The summed E-state index contributed by atoms with van der Waals surface area (Å²) in [5.74, 6) is 2.44. The van der Waals surface area contributed by atoms with E-state index < -0.39 is 0 Å². The normalized spacial score (nSPS) is 32.6. The molecule has 1 aromatic heterocycles. The smallest absolute Gasteiger partial charge is 0.287 e. The molecule has 3 N–H and O–H groups in total. The maximum atomic E-state index is 12.7. The summed E-state index contributed by atoms with van der Waals surface area (Å²) < 4.78 is 12.6. The largest absolute Gasteiger partial charge is 0.459 e. The van der Waals surface area contributed by atoms with Crippen molar-refractivity contribution in [1.29, 1.82) is 0 Å². The molecule has 200 valence electrons. The van der Waals surface area contributed by atoms with E-state index in [1.54, 1.807) is 0 Å². The Hall–Kier alpha value is -2.15. The SMILES string of the molecule is O=C(NCc1ccccc1)c1cc(C2CNC3NCC(C4CCCCC4OC4CCCCC4)CC32)co1. The maximum Gasteiger partial charge on any atom is 0.287 e. The highest BCUT2D eigenvalue weighted by molar-refractivity contribution is 5.91. The van der Waals surface area contributed by atoms with Crippen LogP contribution in [0.4, 0.5) is 0 Å². The van der Waals surface area contributed by atoms with E-state index in [4.69, 9.17) is 9.15 Å². The molecule has 3 heterocycles. The van der Waals surface area contributed by atoms with Gasteiger partial charge in [0.2, 0.25) is 0 Å². The molecule has 4 fully saturated rings. The van der Waals surface area contributed by atoms with E-state index in [0.717, 1.165) is 24.2 Å². The van der Waals surface area contributed by atoms with Crippen molar-refractivity contribution in [2.45, 2.75) is 95.0 Å². The van der Waals surface area contributed by atoms with Gasteiger partial charge in [0.05, 0.1) is 24.6 Å². The summed E-state index contributed by atoms with van der Waals surface area (Å²) in [5.41, 5.74) is 2.23. The summed E-state index contributed by atoms with van der Waals surface area (Å²) in [7, 11) is 0. The van der Waals surface area contributed by atoms with E-state index in [9.17, 15) is 4.79 Å². The summed E-state index contributed by atoms with van der Waals surface area (Å²) in [6.45, 7) is 2.50. The molecule has 37 heavy (non-hydrogen) atoms. The summed E-state index contributed by atoms with van der Waals surface area (Å²) in [5, 5.41) is 10.5.